The van der Waals surface area contributed by atoms with Crippen molar-refractivity contribution in [1.82, 2.24) is 4.90 Å². The number of benzene rings is 2. The third kappa shape index (κ3) is 3.61. The molecule has 164 valence electrons. The van der Waals surface area contributed by atoms with Gasteiger partial charge in [-0.3, -0.25) is 19.3 Å². The van der Waals surface area contributed by atoms with Crippen molar-refractivity contribution in [2.24, 2.45) is 5.92 Å². The fourth-order valence-electron chi connectivity index (χ4n) is 4.40. The molecular weight excluding hydrogens is 435 g/mol. The topological polar surface area (TPSA) is 66.9 Å². The number of rotatable bonds is 4. The van der Waals surface area contributed by atoms with Crippen LogP contribution in [0.4, 0.5) is 10.1 Å². The predicted molar refractivity (Wildman–Crippen MR) is 116 cm³/mol. The van der Waals surface area contributed by atoms with Crippen LogP contribution in [0.1, 0.15) is 24.0 Å². The number of terminal acetylenes is 1. The van der Waals surface area contributed by atoms with Crippen LogP contribution in [0.2, 0.25) is 5.02 Å². The number of ether oxygens (including phenoxy) is 1. The second-order valence-electron chi connectivity index (χ2n) is 7.97. The summed E-state index contributed by atoms with van der Waals surface area (Å²) in [7, 11) is 1.28. The summed E-state index contributed by atoms with van der Waals surface area (Å²) in [5, 5.41) is 0.552. The Kier molecular flexibility index (Phi) is 5.66. The van der Waals surface area contributed by atoms with Crippen LogP contribution < -0.4 is 4.90 Å². The van der Waals surface area contributed by atoms with Gasteiger partial charge in [-0.15, -0.1) is 6.42 Å². The van der Waals surface area contributed by atoms with E-state index in [0.29, 0.717) is 10.6 Å². The molecule has 1 saturated carbocycles. The maximum atomic E-state index is 14.7. The van der Waals surface area contributed by atoms with Gasteiger partial charge in [-0.2, -0.15) is 0 Å². The number of nitrogens with zero attached hydrogens (tertiary/aromatic N) is 2. The van der Waals surface area contributed by atoms with Gasteiger partial charge in [0.15, 0.2) is 0 Å². The first kappa shape index (κ1) is 21.8. The van der Waals surface area contributed by atoms with Gasteiger partial charge in [0.1, 0.15) is 17.9 Å². The Bertz CT molecular complexity index is 1140. The number of halogens is 2. The summed E-state index contributed by atoms with van der Waals surface area (Å²) < 4.78 is 19.5. The zero-order valence-corrected chi connectivity index (χ0v) is 18.1. The molecule has 1 saturated heterocycles. The molecule has 0 bridgehead atoms. The van der Waals surface area contributed by atoms with E-state index in [-0.39, 0.29) is 37.5 Å². The number of carbonyl (C=O) groups is 3. The van der Waals surface area contributed by atoms with Crippen molar-refractivity contribution in [3.63, 3.8) is 0 Å². The van der Waals surface area contributed by atoms with Gasteiger partial charge in [-0.05, 0) is 48.7 Å². The summed E-state index contributed by atoms with van der Waals surface area (Å²) in [6, 6.07) is 11.0. The molecule has 0 radical (unpaired) electrons. The van der Waals surface area contributed by atoms with E-state index in [2.05, 4.69) is 5.92 Å². The third-order valence-corrected chi connectivity index (χ3v) is 6.37. The highest BCUT2D eigenvalue weighted by molar-refractivity contribution is 6.30. The highest BCUT2D eigenvalue weighted by Crippen LogP contribution is 2.48. The van der Waals surface area contributed by atoms with Crippen LogP contribution in [-0.4, -0.2) is 41.9 Å². The molecule has 0 N–H and O–H groups in total. The van der Waals surface area contributed by atoms with Crippen molar-refractivity contribution < 1.29 is 23.5 Å². The Labute approximate surface area is 189 Å². The maximum Gasteiger partial charge on any atom is 0.308 e. The molecule has 8 heteroatoms. The number of amides is 2. The molecule has 0 atom stereocenters. The Morgan fingerprint density at radius 1 is 1.25 bits per heavy atom. The van der Waals surface area contributed by atoms with Gasteiger partial charge < -0.3 is 9.64 Å². The fraction of sp³-hybridized carbons (Fsp3) is 0.292. The Morgan fingerprint density at radius 2 is 1.94 bits per heavy atom. The van der Waals surface area contributed by atoms with Gasteiger partial charge in [0.25, 0.3) is 5.91 Å². The minimum Gasteiger partial charge on any atom is -0.469 e. The second-order valence-corrected chi connectivity index (χ2v) is 8.40. The zero-order chi connectivity index (χ0) is 23.0. The van der Waals surface area contributed by atoms with E-state index in [1.54, 1.807) is 24.3 Å². The molecule has 2 aliphatic rings. The second kappa shape index (κ2) is 8.29. The van der Waals surface area contributed by atoms with Crippen molar-refractivity contribution in [1.29, 1.82) is 0 Å². The quantitative estimate of drug-likeness (QED) is 0.526. The molecule has 1 aliphatic carbocycles. The van der Waals surface area contributed by atoms with E-state index in [9.17, 15) is 18.8 Å². The van der Waals surface area contributed by atoms with Gasteiger partial charge in [-0.25, -0.2) is 4.39 Å². The van der Waals surface area contributed by atoms with Crippen molar-refractivity contribution in [3.05, 3.63) is 64.4 Å². The first-order valence-corrected chi connectivity index (χ1v) is 10.4. The SMILES string of the molecule is C#Cc1ccc(N2CC(=O)N(Cc3ccc(Cl)cc3)C3(CC(C(=O)OC)C3)C2=O)c(F)c1. The van der Waals surface area contributed by atoms with E-state index in [1.807, 2.05) is 0 Å². The number of esters is 1. The maximum absolute atomic E-state index is 14.7. The number of piperazine rings is 1. The highest BCUT2D eigenvalue weighted by Gasteiger charge is 2.62. The first-order chi connectivity index (χ1) is 15.3. The van der Waals surface area contributed by atoms with E-state index >= 15 is 0 Å². The van der Waals surface area contributed by atoms with Crippen LogP contribution in [-0.2, 0) is 25.7 Å². The predicted octanol–water partition coefficient (Wildman–Crippen LogP) is 3.16. The Hall–Kier alpha value is -3.37. The molecule has 0 aromatic heterocycles. The first-order valence-electron chi connectivity index (χ1n) is 10.00. The highest BCUT2D eigenvalue weighted by atomic mass is 35.5. The lowest BCUT2D eigenvalue weighted by Crippen LogP contribution is -2.73. The minimum absolute atomic E-state index is 0.0191. The molecule has 0 unspecified atom stereocenters. The molecule has 2 aromatic rings. The molecule has 1 aliphatic heterocycles. The summed E-state index contributed by atoms with van der Waals surface area (Å²) in [6.45, 7) is -0.147. The Balaban J connectivity index is 1.70. The molecule has 2 aromatic carbocycles. The van der Waals surface area contributed by atoms with E-state index < -0.39 is 29.2 Å². The summed E-state index contributed by atoms with van der Waals surface area (Å²) in [5.41, 5.74) is -0.162. The van der Waals surface area contributed by atoms with Crippen molar-refractivity contribution in [2.45, 2.75) is 24.9 Å². The average Bonchev–Trinajstić information content (AvgIpc) is 2.76. The van der Waals surface area contributed by atoms with E-state index in [1.165, 1.54) is 24.1 Å². The molecule has 2 amide bonds. The average molecular weight is 455 g/mol. The lowest BCUT2D eigenvalue weighted by molar-refractivity contribution is -0.171. The van der Waals surface area contributed by atoms with Gasteiger partial charge in [0.2, 0.25) is 5.91 Å². The number of hydrogen-bond donors (Lipinski definition) is 0. The van der Waals surface area contributed by atoms with Crippen molar-refractivity contribution >= 4 is 35.1 Å². The molecule has 2 fully saturated rings. The van der Waals surface area contributed by atoms with Crippen LogP contribution in [0.15, 0.2) is 42.5 Å². The number of anilines is 1. The molecule has 4 rings (SSSR count). The lowest BCUT2D eigenvalue weighted by Gasteiger charge is -2.56. The summed E-state index contributed by atoms with van der Waals surface area (Å²) in [6.07, 6.45) is 5.54. The van der Waals surface area contributed by atoms with E-state index in [0.717, 1.165) is 16.5 Å². The van der Waals surface area contributed by atoms with Gasteiger partial charge >= 0.3 is 5.97 Å². The number of methoxy groups -OCH3 is 1. The number of hydrogen-bond acceptors (Lipinski definition) is 4. The van der Waals surface area contributed by atoms with Gasteiger partial charge in [0, 0.05) is 17.1 Å². The minimum atomic E-state index is -1.26. The molecule has 6 nitrogen and oxygen atoms in total. The number of carbonyl (C=O) groups excluding carboxylic acids is 3. The Morgan fingerprint density at radius 3 is 2.53 bits per heavy atom. The van der Waals surface area contributed by atoms with Crippen LogP contribution in [0.25, 0.3) is 0 Å². The van der Waals surface area contributed by atoms with Crippen LogP contribution in [0.3, 0.4) is 0 Å². The van der Waals surface area contributed by atoms with Crippen LogP contribution in [0.5, 0.6) is 0 Å². The zero-order valence-electron chi connectivity index (χ0n) is 17.3. The summed E-state index contributed by atoms with van der Waals surface area (Å²) in [5.74, 6) is -0.0805. The molecular formula is C24H20ClFN2O4. The third-order valence-electron chi connectivity index (χ3n) is 6.12. The van der Waals surface area contributed by atoms with Crippen molar-refractivity contribution in [3.8, 4) is 12.3 Å². The van der Waals surface area contributed by atoms with Gasteiger partial charge in [-0.1, -0.05) is 29.7 Å². The largest absolute Gasteiger partial charge is 0.469 e. The standard InChI is InChI=1S/C24H20ClFN2O4/c1-3-15-6-9-20(19(26)10-15)27-14-21(29)28(13-16-4-7-18(25)8-5-16)24(23(27)31)11-17(12-24)22(30)32-2/h1,4-10,17H,11-14H2,2H3. The summed E-state index contributed by atoms with van der Waals surface area (Å²) in [4.78, 5) is 41.5. The van der Waals surface area contributed by atoms with Gasteiger partial charge in [0.05, 0.1) is 18.7 Å². The lowest BCUT2D eigenvalue weighted by atomic mass is 9.65. The smallest absolute Gasteiger partial charge is 0.308 e. The van der Waals surface area contributed by atoms with Crippen LogP contribution >= 0.6 is 11.6 Å². The summed E-state index contributed by atoms with van der Waals surface area (Å²) >= 11 is 5.95. The molecule has 1 spiro atoms. The fourth-order valence-corrected chi connectivity index (χ4v) is 4.53. The monoisotopic (exact) mass is 454 g/mol. The molecule has 32 heavy (non-hydrogen) atoms. The molecule has 1 heterocycles. The van der Waals surface area contributed by atoms with E-state index in [4.69, 9.17) is 22.8 Å². The normalized spacial score (nSPS) is 22.5. The van der Waals surface area contributed by atoms with Crippen LogP contribution in [0, 0.1) is 24.1 Å². The van der Waals surface area contributed by atoms with Crippen molar-refractivity contribution in [2.75, 3.05) is 18.6 Å².